The highest BCUT2D eigenvalue weighted by Gasteiger charge is 2.40. The summed E-state index contributed by atoms with van der Waals surface area (Å²) < 4.78 is 6.54. The molecule has 0 bridgehead atoms. The highest BCUT2D eigenvalue weighted by atomic mass is 79.9. The van der Waals surface area contributed by atoms with Crippen molar-refractivity contribution >= 4 is 51.2 Å². The number of benzene rings is 4. The van der Waals surface area contributed by atoms with E-state index in [1.54, 1.807) is 18.2 Å². The lowest BCUT2D eigenvalue weighted by Gasteiger charge is -2.44. The molecular formula is C38H32BrN3O4. The number of ether oxygens (including phenoxy) is 1. The summed E-state index contributed by atoms with van der Waals surface area (Å²) in [6.45, 7) is 5.80. The molecule has 3 heterocycles. The van der Waals surface area contributed by atoms with E-state index in [4.69, 9.17) is 4.74 Å². The molecule has 4 amide bonds. The molecule has 7 nitrogen and oxygen atoms in total. The maximum Gasteiger partial charge on any atom is 0.335 e. The molecule has 2 atom stereocenters. The first-order valence-electron chi connectivity index (χ1n) is 15.4. The highest BCUT2D eigenvalue weighted by Crippen LogP contribution is 2.50. The van der Waals surface area contributed by atoms with Gasteiger partial charge in [-0.1, -0.05) is 89.2 Å². The van der Waals surface area contributed by atoms with Crippen LogP contribution in [0.5, 0.6) is 5.75 Å². The summed E-state index contributed by atoms with van der Waals surface area (Å²) in [6, 6.07) is 29.3. The van der Waals surface area contributed by atoms with E-state index in [2.05, 4.69) is 57.0 Å². The average molecular weight is 675 g/mol. The van der Waals surface area contributed by atoms with Crippen molar-refractivity contribution in [3.05, 3.63) is 142 Å². The Morgan fingerprint density at radius 3 is 2.04 bits per heavy atom. The second-order valence-corrected chi connectivity index (χ2v) is 12.6. The van der Waals surface area contributed by atoms with E-state index in [1.165, 1.54) is 22.9 Å². The minimum atomic E-state index is -0.771. The van der Waals surface area contributed by atoms with E-state index >= 15 is 0 Å². The van der Waals surface area contributed by atoms with E-state index in [0.29, 0.717) is 17.0 Å². The summed E-state index contributed by atoms with van der Waals surface area (Å²) in [5.41, 5.74) is 6.53. The number of rotatable bonds is 7. The van der Waals surface area contributed by atoms with Gasteiger partial charge >= 0.3 is 6.03 Å². The van der Waals surface area contributed by atoms with Crippen molar-refractivity contribution in [1.82, 2.24) is 5.32 Å². The van der Waals surface area contributed by atoms with Crippen molar-refractivity contribution < 1.29 is 19.1 Å². The van der Waals surface area contributed by atoms with E-state index in [0.717, 1.165) is 46.4 Å². The number of nitrogens with one attached hydrogen (secondary N) is 1. The van der Waals surface area contributed by atoms with Gasteiger partial charge < -0.3 is 9.64 Å². The molecule has 230 valence electrons. The van der Waals surface area contributed by atoms with Crippen LogP contribution < -0.4 is 19.9 Å². The lowest BCUT2D eigenvalue weighted by Crippen LogP contribution is -2.54. The molecule has 0 unspecified atom stereocenters. The molecule has 4 aromatic rings. The van der Waals surface area contributed by atoms with Gasteiger partial charge in [0.25, 0.3) is 11.8 Å². The second kappa shape index (κ2) is 12.4. The number of nitrogens with zero attached hydrogens (tertiary/aromatic N) is 2. The fourth-order valence-corrected chi connectivity index (χ4v) is 7.31. The summed E-state index contributed by atoms with van der Waals surface area (Å²) in [7, 11) is 0. The Bertz CT molecular complexity index is 1820. The van der Waals surface area contributed by atoms with Crippen LogP contribution in [0, 0.1) is 0 Å². The predicted octanol–water partition coefficient (Wildman–Crippen LogP) is 7.56. The Hall–Kier alpha value is -4.95. The van der Waals surface area contributed by atoms with Crippen molar-refractivity contribution in [3.8, 4) is 5.75 Å². The van der Waals surface area contributed by atoms with Crippen LogP contribution in [0.1, 0.15) is 52.5 Å². The van der Waals surface area contributed by atoms with Gasteiger partial charge in [0.05, 0.1) is 5.69 Å². The van der Waals surface area contributed by atoms with Crippen molar-refractivity contribution in [2.24, 2.45) is 0 Å². The number of anilines is 2. The maximum absolute atomic E-state index is 14.2. The Balaban J connectivity index is 1.38. The molecule has 3 aliphatic heterocycles. The lowest BCUT2D eigenvalue weighted by molar-refractivity contribution is -0.122. The van der Waals surface area contributed by atoms with Crippen LogP contribution in [0.2, 0.25) is 0 Å². The fourth-order valence-electron chi connectivity index (χ4n) is 6.93. The largest absolute Gasteiger partial charge is 0.489 e. The number of hydrogen-bond donors (Lipinski definition) is 1. The third-order valence-electron chi connectivity index (χ3n) is 8.99. The van der Waals surface area contributed by atoms with Gasteiger partial charge in [-0.3, -0.25) is 14.9 Å². The summed E-state index contributed by atoms with van der Waals surface area (Å²) in [4.78, 5) is 44.4. The molecule has 0 spiro atoms. The van der Waals surface area contributed by atoms with Gasteiger partial charge in [0.15, 0.2) is 0 Å². The van der Waals surface area contributed by atoms with Crippen LogP contribution in [0.25, 0.3) is 6.08 Å². The Morgan fingerprint density at radius 1 is 0.848 bits per heavy atom. The predicted molar refractivity (Wildman–Crippen MR) is 183 cm³/mol. The number of urea groups is 1. The maximum atomic E-state index is 14.2. The summed E-state index contributed by atoms with van der Waals surface area (Å²) in [6.07, 6.45) is 4.92. The summed E-state index contributed by atoms with van der Waals surface area (Å²) >= 11 is 3.47. The van der Waals surface area contributed by atoms with Gasteiger partial charge in [-0.25, -0.2) is 9.69 Å². The van der Waals surface area contributed by atoms with Crippen LogP contribution >= 0.6 is 15.9 Å². The minimum absolute atomic E-state index is 0.0894. The third-order valence-corrected chi connectivity index (χ3v) is 9.48. The van der Waals surface area contributed by atoms with Gasteiger partial charge in [-0.2, -0.15) is 0 Å². The zero-order valence-electron chi connectivity index (χ0n) is 25.1. The van der Waals surface area contributed by atoms with Crippen LogP contribution in [0.4, 0.5) is 16.2 Å². The molecule has 8 heteroatoms. The molecule has 7 rings (SSSR count). The van der Waals surface area contributed by atoms with E-state index in [9.17, 15) is 14.4 Å². The van der Waals surface area contributed by atoms with Crippen molar-refractivity contribution in [2.75, 3.05) is 29.5 Å². The van der Waals surface area contributed by atoms with Crippen LogP contribution in [0.15, 0.2) is 114 Å². The van der Waals surface area contributed by atoms with Crippen LogP contribution in [-0.4, -0.2) is 37.5 Å². The Labute approximate surface area is 276 Å². The summed E-state index contributed by atoms with van der Waals surface area (Å²) in [5, 5.41) is 2.41. The number of carbonyl (C=O) groups excluding carboxylic acids is 3. The van der Waals surface area contributed by atoms with Crippen molar-refractivity contribution in [2.45, 2.75) is 24.7 Å². The first-order chi connectivity index (χ1) is 22.4. The number of carbonyl (C=O) groups is 3. The first kappa shape index (κ1) is 29.7. The van der Waals surface area contributed by atoms with Crippen LogP contribution in [0.3, 0.4) is 0 Å². The number of imide groups is 2. The molecule has 1 saturated heterocycles. The van der Waals surface area contributed by atoms with Gasteiger partial charge in [-0.15, -0.1) is 0 Å². The van der Waals surface area contributed by atoms with Crippen molar-refractivity contribution in [1.29, 1.82) is 0 Å². The lowest BCUT2D eigenvalue weighted by atomic mass is 9.76. The number of barbiturate groups is 1. The Kier molecular flexibility index (Phi) is 8.05. The molecule has 4 aromatic carbocycles. The van der Waals surface area contributed by atoms with Crippen LogP contribution in [-0.2, 0) is 9.59 Å². The minimum Gasteiger partial charge on any atom is -0.489 e. The first-order valence-corrected chi connectivity index (χ1v) is 16.2. The van der Waals surface area contributed by atoms with E-state index in [1.807, 2.05) is 54.6 Å². The normalized spacial score (nSPS) is 19.9. The standard InChI is InChI=1S/C38H32BrN3O4/c1-2-19-46-34-14-13-27(39)20-26(34)21-33-36(43)40-38(45)42(37(33)44)28-22-31-29(24-9-5-3-6-10-24)15-17-41-18-16-30(32(23-28)35(31)41)25-11-7-4-8-12-25/h2-14,20-23,29-30H,1,15-19H2,(H,40,43,45)/b33-21+/t29-,30+. The van der Waals surface area contributed by atoms with Gasteiger partial charge in [0, 0.05) is 40.6 Å². The SMILES string of the molecule is C=CCOc1ccc(Br)cc1/C=C1\C(=O)NC(=O)N(c2cc3c4c(c2)[C@H](c2ccccc2)CCN4CC[C@@H]3c2ccccc2)C1=O. The summed E-state index contributed by atoms with van der Waals surface area (Å²) in [5.74, 6) is -0.783. The van der Waals surface area contributed by atoms with Gasteiger partial charge in [-0.05, 0) is 71.5 Å². The second-order valence-electron chi connectivity index (χ2n) is 11.7. The molecule has 0 saturated carbocycles. The monoisotopic (exact) mass is 673 g/mol. The van der Waals surface area contributed by atoms with Gasteiger partial charge in [0.1, 0.15) is 17.9 Å². The average Bonchev–Trinajstić information content (AvgIpc) is 3.07. The molecule has 3 aliphatic rings. The van der Waals surface area contributed by atoms with E-state index in [-0.39, 0.29) is 24.0 Å². The zero-order valence-corrected chi connectivity index (χ0v) is 26.7. The molecule has 46 heavy (non-hydrogen) atoms. The van der Waals surface area contributed by atoms with E-state index < -0.39 is 17.8 Å². The smallest absolute Gasteiger partial charge is 0.335 e. The molecule has 1 N–H and O–H groups in total. The highest BCUT2D eigenvalue weighted by molar-refractivity contribution is 9.10. The molecule has 0 aliphatic carbocycles. The number of halogens is 1. The molecule has 1 fully saturated rings. The van der Waals surface area contributed by atoms with Crippen molar-refractivity contribution in [3.63, 3.8) is 0 Å². The molecular weight excluding hydrogens is 642 g/mol. The number of hydrogen-bond acceptors (Lipinski definition) is 5. The number of amides is 4. The van der Waals surface area contributed by atoms with Gasteiger partial charge in [0.2, 0.25) is 0 Å². The molecule has 0 radical (unpaired) electrons. The quantitative estimate of drug-likeness (QED) is 0.124. The fraction of sp³-hybridized carbons (Fsp3) is 0.184. The Morgan fingerprint density at radius 2 is 1.46 bits per heavy atom. The molecule has 0 aromatic heterocycles. The zero-order chi connectivity index (χ0) is 31.8. The topological polar surface area (TPSA) is 79.0 Å². The third kappa shape index (κ3) is 5.43.